The third kappa shape index (κ3) is 4.69. The Labute approximate surface area is 132 Å². The first kappa shape index (κ1) is 20.9. The fraction of sp³-hybridized carbons (Fsp3) is 0.583. The van der Waals surface area contributed by atoms with E-state index in [1.165, 1.54) is 21.1 Å². The van der Waals surface area contributed by atoms with E-state index in [-0.39, 0.29) is 6.41 Å². The summed E-state index contributed by atoms with van der Waals surface area (Å²) in [6.07, 6.45) is -1.99. The third-order valence-electron chi connectivity index (χ3n) is 3.42. The van der Waals surface area contributed by atoms with Gasteiger partial charge < -0.3 is 25.2 Å². The number of methoxy groups -OCH3 is 1. The molecule has 0 heterocycles. The molecule has 10 nitrogen and oxygen atoms in total. The number of halogens is 1. The molecule has 11 heteroatoms. The van der Waals surface area contributed by atoms with Crippen molar-refractivity contribution < 1.29 is 28.9 Å². The molecule has 23 heavy (non-hydrogen) atoms. The molecule has 0 rings (SSSR count). The van der Waals surface area contributed by atoms with Gasteiger partial charge in [-0.25, -0.2) is 10.2 Å². The van der Waals surface area contributed by atoms with Gasteiger partial charge in [0, 0.05) is 20.4 Å². The minimum absolute atomic E-state index is 0.116. The van der Waals surface area contributed by atoms with Crippen molar-refractivity contribution in [1.82, 2.24) is 15.6 Å². The standard InChI is InChI=1S/C12H22FN5O5/c1-12(10(21)17-15,8(5-19)23-3)11(22)18(2)4-7(13)9(14)16-6-20/h4,6,8,11,19,22H,5,15H2,1-3H3,(H,17,21)(H2,14,16,20)/b7-4+. The van der Waals surface area contributed by atoms with Crippen LogP contribution in [-0.2, 0) is 14.3 Å². The largest absolute Gasteiger partial charge is 0.394 e. The Morgan fingerprint density at radius 2 is 2.17 bits per heavy atom. The molecule has 132 valence electrons. The Bertz CT molecular complexity index is 471. The minimum atomic E-state index is -1.76. The first-order chi connectivity index (χ1) is 10.7. The van der Waals surface area contributed by atoms with Crippen LogP contribution < -0.4 is 16.6 Å². The highest BCUT2D eigenvalue weighted by Crippen LogP contribution is 2.30. The van der Waals surface area contributed by atoms with E-state index in [0.717, 1.165) is 4.90 Å². The highest BCUT2D eigenvalue weighted by Gasteiger charge is 2.49. The summed E-state index contributed by atoms with van der Waals surface area (Å²) in [6.45, 7) is 0.654. The summed E-state index contributed by atoms with van der Waals surface area (Å²) in [4.78, 5) is 23.1. The first-order valence-corrected chi connectivity index (χ1v) is 6.41. The van der Waals surface area contributed by atoms with Crippen molar-refractivity contribution in [3.63, 3.8) is 0 Å². The molecular formula is C12H22FN5O5. The van der Waals surface area contributed by atoms with Crippen LogP contribution in [-0.4, -0.2) is 66.4 Å². The van der Waals surface area contributed by atoms with Crippen molar-refractivity contribution in [3.05, 3.63) is 12.0 Å². The molecular weight excluding hydrogens is 313 g/mol. The SMILES string of the molecule is COC(CO)C(C)(C(=O)NN)C(O)N(C)/C=C(/F)C(=N)NC=O. The van der Waals surface area contributed by atoms with E-state index >= 15 is 0 Å². The van der Waals surface area contributed by atoms with E-state index < -0.39 is 41.9 Å². The highest BCUT2D eigenvalue weighted by atomic mass is 19.1. The summed E-state index contributed by atoms with van der Waals surface area (Å²) in [5, 5.41) is 28.7. The Kier molecular flexibility index (Phi) is 8.32. The second-order valence-corrected chi connectivity index (χ2v) is 4.82. The van der Waals surface area contributed by atoms with E-state index in [4.69, 9.17) is 16.0 Å². The molecule has 0 saturated heterocycles. The van der Waals surface area contributed by atoms with Gasteiger partial charge in [-0.3, -0.25) is 20.4 Å². The average molecular weight is 335 g/mol. The number of aliphatic hydroxyl groups is 2. The molecule has 0 saturated carbocycles. The molecule has 7 N–H and O–H groups in total. The minimum Gasteiger partial charge on any atom is -0.394 e. The molecule has 0 fully saturated rings. The van der Waals surface area contributed by atoms with E-state index in [9.17, 15) is 24.2 Å². The predicted molar refractivity (Wildman–Crippen MR) is 78.2 cm³/mol. The number of nitrogens with two attached hydrogens (primary N) is 1. The Morgan fingerprint density at radius 3 is 2.57 bits per heavy atom. The number of nitrogens with zero attached hydrogens (tertiary/aromatic N) is 1. The Hall–Kier alpha value is -2.08. The van der Waals surface area contributed by atoms with Crippen LogP contribution in [0.3, 0.4) is 0 Å². The van der Waals surface area contributed by atoms with Crippen LogP contribution in [0.5, 0.6) is 0 Å². The van der Waals surface area contributed by atoms with E-state index in [1.807, 2.05) is 5.43 Å². The molecule has 0 radical (unpaired) electrons. The number of amides is 2. The zero-order chi connectivity index (χ0) is 18.2. The van der Waals surface area contributed by atoms with Gasteiger partial charge in [0.2, 0.25) is 12.3 Å². The molecule has 0 aliphatic heterocycles. The molecule has 0 aromatic rings. The van der Waals surface area contributed by atoms with Gasteiger partial charge in [-0.1, -0.05) is 0 Å². The smallest absolute Gasteiger partial charge is 0.247 e. The number of carbonyl (C=O) groups is 2. The monoisotopic (exact) mass is 335 g/mol. The van der Waals surface area contributed by atoms with Crippen LogP contribution in [0.25, 0.3) is 0 Å². The number of hydrazine groups is 1. The number of ether oxygens (including phenoxy) is 1. The van der Waals surface area contributed by atoms with Gasteiger partial charge in [-0.05, 0) is 6.92 Å². The second-order valence-electron chi connectivity index (χ2n) is 4.82. The van der Waals surface area contributed by atoms with Crippen LogP contribution in [0.1, 0.15) is 6.92 Å². The van der Waals surface area contributed by atoms with Crippen molar-refractivity contribution in [1.29, 1.82) is 5.41 Å². The molecule has 0 aromatic heterocycles. The lowest BCUT2D eigenvalue weighted by Crippen LogP contribution is -2.60. The van der Waals surface area contributed by atoms with Gasteiger partial charge in [-0.2, -0.15) is 0 Å². The average Bonchev–Trinajstić information content (AvgIpc) is 2.53. The Balaban J connectivity index is 5.57. The quantitative estimate of drug-likeness (QED) is 0.0529. The van der Waals surface area contributed by atoms with Gasteiger partial charge in [0.1, 0.15) is 11.6 Å². The van der Waals surface area contributed by atoms with Gasteiger partial charge in [-0.15, -0.1) is 0 Å². The third-order valence-corrected chi connectivity index (χ3v) is 3.42. The Morgan fingerprint density at radius 1 is 1.61 bits per heavy atom. The summed E-state index contributed by atoms with van der Waals surface area (Å²) < 4.78 is 18.7. The summed E-state index contributed by atoms with van der Waals surface area (Å²) in [5.41, 5.74) is 0.0949. The van der Waals surface area contributed by atoms with Gasteiger partial charge in [0.05, 0.1) is 12.7 Å². The van der Waals surface area contributed by atoms with Crippen molar-refractivity contribution >= 4 is 18.2 Å². The van der Waals surface area contributed by atoms with Crippen molar-refractivity contribution in [2.75, 3.05) is 20.8 Å². The molecule has 0 bridgehead atoms. The predicted octanol–water partition coefficient (Wildman–Crippen LogP) is -2.23. The van der Waals surface area contributed by atoms with E-state index in [0.29, 0.717) is 6.20 Å². The zero-order valence-corrected chi connectivity index (χ0v) is 13.0. The maximum Gasteiger partial charge on any atom is 0.247 e. The van der Waals surface area contributed by atoms with Gasteiger partial charge in [0.15, 0.2) is 11.7 Å². The van der Waals surface area contributed by atoms with Crippen LogP contribution in [0.15, 0.2) is 12.0 Å². The topological polar surface area (TPSA) is 161 Å². The van der Waals surface area contributed by atoms with Crippen molar-refractivity contribution in [3.8, 4) is 0 Å². The van der Waals surface area contributed by atoms with Crippen LogP contribution in [0.2, 0.25) is 0 Å². The lowest BCUT2D eigenvalue weighted by atomic mass is 9.80. The number of hydrogen-bond donors (Lipinski definition) is 6. The molecule has 0 aliphatic rings. The molecule has 3 atom stereocenters. The van der Waals surface area contributed by atoms with Gasteiger partial charge >= 0.3 is 0 Å². The number of hydrogen-bond acceptors (Lipinski definition) is 8. The summed E-state index contributed by atoms with van der Waals surface area (Å²) in [5.74, 6) is 2.25. The fourth-order valence-electron chi connectivity index (χ4n) is 1.96. The summed E-state index contributed by atoms with van der Waals surface area (Å²) in [7, 11) is 2.44. The molecule has 2 amide bonds. The van der Waals surface area contributed by atoms with E-state index in [1.54, 1.807) is 5.32 Å². The fourth-order valence-corrected chi connectivity index (χ4v) is 1.96. The van der Waals surface area contributed by atoms with E-state index in [2.05, 4.69) is 0 Å². The second kappa shape index (κ2) is 9.15. The number of aliphatic hydroxyl groups excluding tert-OH is 2. The molecule has 3 unspecified atom stereocenters. The lowest BCUT2D eigenvalue weighted by Gasteiger charge is -2.41. The number of nitrogens with one attached hydrogen (secondary N) is 3. The first-order valence-electron chi connectivity index (χ1n) is 6.41. The number of amidine groups is 1. The lowest BCUT2D eigenvalue weighted by molar-refractivity contribution is -0.168. The van der Waals surface area contributed by atoms with Crippen molar-refractivity contribution in [2.24, 2.45) is 11.3 Å². The van der Waals surface area contributed by atoms with Crippen LogP contribution in [0, 0.1) is 10.8 Å². The van der Waals surface area contributed by atoms with Crippen LogP contribution in [0.4, 0.5) is 4.39 Å². The maximum atomic E-state index is 13.7. The number of rotatable bonds is 9. The number of carbonyl (C=O) groups excluding carboxylic acids is 2. The van der Waals surface area contributed by atoms with Crippen molar-refractivity contribution in [2.45, 2.75) is 19.3 Å². The maximum absolute atomic E-state index is 13.7. The summed E-state index contributed by atoms with van der Waals surface area (Å²) in [6, 6.07) is 0. The summed E-state index contributed by atoms with van der Waals surface area (Å²) >= 11 is 0. The van der Waals surface area contributed by atoms with Crippen LogP contribution >= 0.6 is 0 Å². The molecule has 0 spiro atoms. The van der Waals surface area contributed by atoms with Gasteiger partial charge in [0.25, 0.3) is 0 Å². The highest BCUT2D eigenvalue weighted by molar-refractivity contribution is 5.99. The molecule has 0 aromatic carbocycles. The zero-order valence-electron chi connectivity index (χ0n) is 13.0. The molecule has 0 aliphatic carbocycles. The normalized spacial score (nSPS) is 16.7.